The Kier molecular flexibility index (Phi) is 7.27. The van der Waals surface area contributed by atoms with Crippen molar-refractivity contribution in [3.63, 3.8) is 0 Å². The fourth-order valence-corrected chi connectivity index (χ4v) is 3.08. The van der Waals surface area contributed by atoms with Crippen LogP contribution in [-0.2, 0) is 29.1 Å². The second-order valence-corrected chi connectivity index (χ2v) is 7.07. The third-order valence-electron chi connectivity index (χ3n) is 4.82. The summed E-state index contributed by atoms with van der Waals surface area (Å²) in [6.45, 7) is 2.24. The Hall–Kier alpha value is -3.54. The van der Waals surface area contributed by atoms with Crippen molar-refractivity contribution >= 4 is 11.8 Å². The summed E-state index contributed by atoms with van der Waals surface area (Å²) in [5.41, 5.74) is 2.50. The molecular weight excluding hydrogens is 381 g/mol. The van der Waals surface area contributed by atoms with E-state index in [4.69, 9.17) is 0 Å². The molecule has 2 aromatic carbocycles. The Bertz CT molecular complexity index is 963. The van der Waals surface area contributed by atoms with Gasteiger partial charge in [0.15, 0.2) is 0 Å². The van der Waals surface area contributed by atoms with Crippen molar-refractivity contribution in [2.24, 2.45) is 0 Å². The van der Waals surface area contributed by atoms with Crippen LogP contribution >= 0.6 is 0 Å². The van der Waals surface area contributed by atoms with Crippen LogP contribution in [-0.4, -0.2) is 27.7 Å². The molecule has 154 valence electrons. The van der Waals surface area contributed by atoms with E-state index >= 15 is 0 Å². The highest BCUT2D eigenvalue weighted by molar-refractivity contribution is 5.88. The van der Waals surface area contributed by atoms with Crippen molar-refractivity contribution in [1.29, 1.82) is 0 Å². The minimum atomic E-state index is -0.692. The van der Waals surface area contributed by atoms with Crippen LogP contribution in [0.1, 0.15) is 23.6 Å². The number of hydrogen-bond acceptors (Lipinski definition) is 3. The van der Waals surface area contributed by atoms with Gasteiger partial charge < -0.3 is 10.2 Å². The number of rotatable bonds is 8. The summed E-state index contributed by atoms with van der Waals surface area (Å²) < 4.78 is 13.3. The Morgan fingerprint density at radius 3 is 2.33 bits per heavy atom. The predicted molar refractivity (Wildman–Crippen MR) is 113 cm³/mol. The van der Waals surface area contributed by atoms with Crippen LogP contribution in [0.2, 0.25) is 0 Å². The Morgan fingerprint density at radius 2 is 1.67 bits per heavy atom. The van der Waals surface area contributed by atoms with Crippen molar-refractivity contribution in [2.45, 2.75) is 32.5 Å². The lowest BCUT2D eigenvalue weighted by molar-refractivity contribution is -0.140. The molecule has 0 spiro atoms. The smallest absolute Gasteiger partial charge is 0.242 e. The molecule has 0 aliphatic heterocycles. The topological polar surface area (TPSA) is 62.3 Å². The molecule has 30 heavy (non-hydrogen) atoms. The first kappa shape index (κ1) is 21.2. The lowest BCUT2D eigenvalue weighted by Gasteiger charge is -2.29. The average molecular weight is 405 g/mol. The predicted octanol–water partition coefficient (Wildman–Crippen LogP) is 3.50. The Balaban J connectivity index is 1.73. The van der Waals surface area contributed by atoms with E-state index in [1.807, 2.05) is 36.4 Å². The summed E-state index contributed by atoms with van der Waals surface area (Å²) in [5.74, 6) is -0.778. The number of hydrogen-bond donors (Lipinski definition) is 1. The molecule has 0 aliphatic rings. The number of halogens is 1. The number of carbonyl (C=O) groups excluding carboxylic acids is 2. The second kappa shape index (κ2) is 10.3. The van der Waals surface area contributed by atoms with Gasteiger partial charge in [0.1, 0.15) is 11.9 Å². The van der Waals surface area contributed by atoms with Crippen LogP contribution in [0.4, 0.5) is 4.39 Å². The average Bonchev–Trinajstić information content (AvgIpc) is 2.78. The molecular formula is C24H24FN3O2. The van der Waals surface area contributed by atoms with E-state index in [0.717, 1.165) is 16.7 Å². The van der Waals surface area contributed by atoms with Gasteiger partial charge in [-0.25, -0.2) is 4.39 Å². The van der Waals surface area contributed by atoms with E-state index in [2.05, 4.69) is 10.3 Å². The van der Waals surface area contributed by atoms with E-state index in [-0.39, 0.29) is 30.6 Å². The first-order valence-corrected chi connectivity index (χ1v) is 9.77. The normalized spacial score (nSPS) is 11.5. The third-order valence-corrected chi connectivity index (χ3v) is 4.82. The summed E-state index contributed by atoms with van der Waals surface area (Å²) in [4.78, 5) is 31.4. The number of aromatic nitrogens is 1. The highest BCUT2D eigenvalue weighted by Gasteiger charge is 2.26. The zero-order valence-electron chi connectivity index (χ0n) is 16.8. The lowest BCUT2D eigenvalue weighted by Crippen LogP contribution is -2.48. The molecule has 0 unspecified atom stereocenters. The summed E-state index contributed by atoms with van der Waals surface area (Å²) in [6, 6.07) is 18.3. The highest BCUT2D eigenvalue weighted by atomic mass is 19.1. The van der Waals surface area contributed by atoms with E-state index in [1.165, 1.54) is 17.0 Å². The number of pyridine rings is 1. The van der Waals surface area contributed by atoms with E-state index in [1.54, 1.807) is 37.5 Å². The summed E-state index contributed by atoms with van der Waals surface area (Å²) in [5, 5.41) is 2.86. The zero-order chi connectivity index (χ0) is 21.3. The van der Waals surface area contributed by atoms with Crippen LogP contribution < -0.4 is 5.32 Å². The largest absolute Gasteiger partial charge is 0.350 e. The van der Waals surface area contributed by atoms with Crippen molar-refractivity contribution < 1.29 is 14.0 Å². The summed E-state index contributed by atoms with van der Waals surface area (Å²) in [6.07, 6.45) is 3.53. The monoisotopic (exact) mass is 405 g/mol. The molecule has 0 radical (unpaired) electrons. The molecule has 0 bridgehead atoms. The molecule has 1 N–H and O–H groups in total. The van der Waals surface area contributed by atoms with Gasteiger partial charge in [0.2, 0.25) is 11.8 Å². The van der Waals surface area contributed by atoms with E-state index in [9.17, 15) is 14.0 Å². The molecule has 5 nitrogen and oxygen atoms in total. The van der Waals surface area contributed by atoms with Crippen molar-refractivity contribution in [1.82, 2.24) is 15.2 Å². The maximum Gasteiger partial charge on any atom is 0.242 e. The fourth-order valence-electron chi connectivity index (χ4n) is 3.08. The van der Waals surface area contributed by atoms with Crippen molar-refractivity contribution in [3.05, 3.63) is 102 Å². The molecule has 2 amide bonds. The minimum absolute atomic E-state index is 0.172. The number of nitrogens with one attached hydrogen (secondary N) is 1. The summed E-state index contributed by atoms with van der Waals surface area (Å²) in [7, 11) is 0. The molecule has 3 aromatic rings. The molecule has 1 heterocycles. The van der Waals surface area contributed by atoms with Crippen molar-refractivity contribution in [3.8, 4) is 0 Å². The van der Waals surface area contributed by atoms with Crippen LogP contribution in [0.25, 0.3) is 0 Å². The maximum absolute atomic E-state index is 13.3. The first-order chi connectivity index (χ1) is 14.5. The molecule has 3 rings (SSSR count). The molecule has 0 saturated heterocycles. The van der Waals surface area contributed by atoms with Gasteiger partial charge in [0.05, 0.1) is 6.42 Å². The Morgan fingerprint density at radius 1 is 0.967 bits per heavy atom. The third kappa shape index (κ3) is 5.98. The van der Waals surface area contributed by atoms with Gasteiger partial charge in [-0.3, -0.25) is 14.6 Å². The van der Waals surface area contributed by atoms with Gasteiger partial charge in [0.25, 0.3) is 0 Å². The van der Waals surface area contributed by atoms with Gasteiger partial charge in [-0.05, 0) is 41.8 Å². The van der Waals surface area contributed by atoms with E-state index < -0.39 is 6.04 Å². The van der Waals surface area contributed by atoms with Gasteiger partial charge in [-0.1, -0.05) is 48.5 Å². The molecule has 0 saturated carbocycles. The highest BCUT2D eigenvalue weighted by Crippen LogP contribution is 2.13. The molecule has 0 fully saturated rings. The lowest BCUT2D eigenvalue weighted by atomic mass is 10.1. The fraction of sp³-hybridized carbons (Fsp3) is 0.208. The quantitative estimate of drug-likeness (QED) is 0.624. The van der Waals surface area contributed by atoms with Gasteiger partial charge in [-0.15, -0.1) is 0 Å². The van der Waals surface area contributed by atoms with Gasteiger partial charge >= 0.3 is 0 Å². The molecule has 1 aromatic heterocycles. The van der Waals surface area contributed by atoms with Crippen LogP contribution in [0.15, 0.2) is 79.1 Å². The van der Waals surface area contributed by atoms with Gasteiger partial charge in [-0.2, -0.15) is 0 Å². The van der Waals surface area contributed by atoms with Gasteiger partial charge in [0, 0.05) is 25.5 Å². The molecule has 0 aliphatic carbocycles. The van der Waals surface area contributed by atoms with Crippen LogP contribution in [0.3, 0.4) is 0 Å². The molecule has 6 heteroatoms. The first-order valence-electron chi connectivity index (χ1n) is 9.77. The second-order valence-electron chi connectivity index (χ2n) is 7.07. The Labute approximate surface area is 175 Å². The SMILES string of the molecule is C[C@H](C(=O)NCc1cccnc1)N(Cc1ccc(F)cc1)C(=O)Cc1ccccc1. The standard InChI is InChI=1S/C24H24FN3O2/c1-18(24(30)27-16-21-8-5-13-26-15-21)28(17-20-9-11-22(25)12-10-20)23(29)14-19-6-3-2-4-7-19/h2-13,15,18H,14,16-17H2,1H3,(H,27,30)/t18-/m1/s1. The number of nitrogens with zero attached hydrogens (tertiary/aromatic N) is 2. The molecule has 1 atom stereocenters. The number of benzene rings is 2. The minimum Gasteiger partial charge on any atom is -0.350 e. The van der Waals surface area contributed by atoms with Crippen LogP contribution in [0, 0.1) is 5.82 Å². The number of amides is 2. The summed E-state index contributed by atoms with van der Waals surface area (Å²) >= 11 is 0. The van der Waals surface area contributed by atoms with Crippen molar-refractivity contribution in [2.75, 3.05) is 0 Å². The van der Waals surface area contributed by atoms with Crippen LogP contribution in [0.5, 0.6) is 0 Å². The maximum atomic E-state index is 13.3. The van der Waals surface area contributed by atoms with E-state index in [0.29, 0.717) is 6.54 Å². The zero-order valence-corrected chi connectivity index (χ0v) is 16.8. The number of carbonyl (C=O) groups is 2.